The second-order valence-electron chi connectivity index (χ2n) is 6.26. The summed E-state index contributed by atoms with van der Waals surface area (Å²) in [6.07, 6.45) is 2.46. The summed E-state index contributed by atoms with van der Waals surface area (Å²) in [5, 5.41) is 1.02. The number of ether oxygens (including phenoxy) is 1. The van der Waals surface area contributed by atoms with Crippen LogP contribution in [0.25, 0.3) is 16.5 Å². The van der Waals surface area contributed by atoms with Gasteiger partial charge < -0.3 is 9.72 Å². The molecular weight excluding hydrogens is 364 g/mol. The molecule has 4 rings (SSSR count). The van der Waals surface area contributed by atoms with E-state index in [9.17, 15) is 9.59 Å². The molecule has 0 radical (unpaired) electrons. The van der Waals surface area contributed by atoms with Crippen molar-refractivity contribution in [2.24, 2.45) is 0 Å². The van der Waals surface area contributed by atoms with Crippen LogP contribution in [0, 0.1) is 0 Å². The minimum Gasteiger partial charge on any atom is -0.496 e. The van der Waals surface area contributed by atoms with E-state index < -0.39 is 11.8 Å². The van der Waals surface area contributed by atoms with Gasteiger partial charge in [-0.1, -0.05) is 48.0 Å². The van der Waals surface area contributed by atoms with Crippen LogP contribution in [0.4, 0.5) is 0 Å². The van der Waals surface area contributed by atoms with Gasteiger partial charge in [-0.15, -0.1) is 0 Å². The Labute approximate surface area is 161 Å². The fourth-order valence-electron chi connectivity index (χ4n) is 3.40. The predicted molar refractivity (Wildman–Crippen MR) is 104 cm³/mol. The summed E-state index contributed by atoms with van der Waals surface area (Å²) in [6.45, 7) is 0.258. The molecule has 2 heterocycles. The molecule has 0 saturated heterocycles. The summed E-state index contributed by atoms with van der Waals surface area (Å²) in [7, 11) is 1.52. The lowest BCUT2D eigenvalue weighted by Gasteiger charge is -2.15. The topological polar surface area (TPSA) is 62.4 Å². The van der Waals surface area contributed by atoms with Gasteiger partial charge in [0.2, 0.25) is 0 Å². The monoisotopic (exact) mass is 380 g/mol. The highest BCUT2D eigenvalue weighted by atomic mass is 35.5. The van der Waals surface area contributed by atoms with Crippen LogP contribution in [0.15, 0.2) is 59.8 Å². The summed E-state index contributed by atoms with van der Waals surface area (Å²) in [5.74, 6) is -0.359. The van der Waals surface area contributed by atoms with Gasteiger partial charge in [0.05, 0.1) is 12.7 Å². The van der Waals surface area contributed by atoms with Crippen LogP contribution in [-0.2, 0) is 16.0 Å². The number of benzene rings is 2. The normalized spacial score (nSPS) is 14.5. The van der Waals surface area contributed by atoms with Crippen LogP contribution in [0.1, 0.15) is 11.1 Å². The Bertz CT molecular complexity index is 1080. The second kappa shape index (κ2) is 6.93. The molecule has 0 saturated carbocycles. The van der Waals surface area contributed by atoms with Gasteiger partial charge in [0.15, 0.2) is 0 Å². The van der Waals surface area contributed by atoms with E-state index in [-0.39, 0.29) is 17.2 Å². The standard InChI is InChI=1S/C21H17ClN2O3/c1-27-17-9-5-3-7-15(17)18-19(22)21(26)24(20(18)25)11-10-13-12-23-16-8-4-2-6-14(13)16/h2-9,12,23H,10-11H2,1H3. The first-order chi connectivity index (χ1) is 13.1. The molecule has 2 aromatic carbocycles. The molecule has 5 nitrogen and oxygen atoms in total. The number of nitrogens with zero attached hydrogens (tertiary/aromatic N) is 1. The number of aromatic nitrogens is 1. The third-order valence-corrected chi connectivity index (χ3v) is 5.12. The fraction of sp³-hybridized carbons (Fsp3) is 0.143. The van der Waals surface area contributed by atoms with Gasteiger partial charge in [-0.05, 0) is 24.1 Å². The molecule has 0 fully saturated rings. The fourth-order valence-corrected chi connectivity index (χ4v) is 3.69. The van der Waals surface area contributed by atoms with Crippen molar-refractivity contribution in [2.45, 2.75) is 6.42 Å². The number of methoxy groups -OCH3 is 1. The van der Waals surface area contributed by atoms with E-state index in [4.69, 9.17) is 16.3 Å². The van der Waals surface area contributed by atoms with Gasteiger partial charge >= 0.3 is 0 Å². The zero-order valence-electron chi connectivity index (χ0n) is 14.7. The van der Waals surface area contributed by atoms with Gasteiger partial charge in [-0.3, -0.25) is 14.5 Å². The molecule has 1 aliphatic heterocycles. The van der Waals surface area contributed by atoms with Gasteiger partial charge in [-0.2, -0.15) is 0 Å². The number of nitrogens with one attached hydrogen (secondary N) is 1. The van der Waals surface area contributed by atoms with E-state index in [1.165, 1.54) is 12.0 Å². The van der Waals surface area contributed by atoms with E-state index in [1.54, 1.807) is 24.3 Å². The number of amides is 2. The van der Waals surface area contributed by atoms with Crippen molar-refractivity contribution in [3.63, 3.8) is 0 Å². The number of para-hydroxylation sites is 2. The van der Waals surface area contributed by atoms with Crippen LogP contribution < -0.4 is 4.74 Å². The quantitative estimate of drug-likeness (QED) is 0.686. The lowest BCUT2D eigenvalue weighted by atomic mass is 10.0. The Kier molecular flexibility index (Phi) is 4.46. The van der Waals surface area contributed by atoms with Gasteiger partial charge in [-0.25, -0.2) is 0 Å². The number of hydrogen-bond donors (Lipinski definition) is 1. The summed E-state index contributed by atoms with van der Waals surface area (Å²) in [6, 6.07) is 15.0. The Hall–Kier alpha value is -3.05. The molecule has 1 aliphatic rings. The molecule has 0 atom stereocenters. The predicted octanol–water partition coefficient (Wildman–Crippen LogP) is 3.74. The molecule has 0 unspecified atom stereocenters. The second-order valence-corrected chi connectivity index (χ2v) is 6.64. The van der Waals surface area contributed by atoms with Crippen LogP contribution >= 0.6 is 11.6 Å². The van der Waals surface area contributed by atoms with Gasteiger partial charge in [0, 0.05) is 29.2 Å². The summed E-state index contributed by atoms with van der Waals surface area (Å²) in [5.41, 5.74) is 2.79. The number of H-pyrrole nitrogens is 1. The zero-order chi connectivity index (χ0) is 19.0. The van der Waals surface area contributed by atoms with Gasteiger partial charge in [0.1, 0.15) is 10.8 Å². The van der Waals surface area contributed by atoms with Crippen molar-refractivity contribution in [3.8, 4) is 5.75 Å². The summed E-state index contributed by atoms with van der Waals surface area (Å²) >= 11 is 6.24. The maximum atomic E-state index is 12.9. The number of carbonyl (C=O) groups excluding carboxylic acids is 2. The molecule has 0 bridgehead atoms. The lowest BCUT2D eigenvalue weighted by molar-refractivity contribution is -0.136. The number of imide groups is 1. The van der Waals surface area contributed by atoms with E-state index in [2.05, 4.69) is 4.98 Å². The highest BCUT2D eigenvalue weighted by Gasteiger charge is 2.38. The minimum atomic E-state index is -0.470. The minimum absolute atomic E-state index is 0.0663. The van der Waals surface area contributed by atoms with Crippen molar-refractivity contribution < 1.29 is 14.3 Å². The lowest BCUT2D eigenvalue weighted by Crippen LogP contribution is -2.33. The number of carbonyl (C=O) groups is 2. The van der Waals surface area contributed by atoms with Crippen molar-refractivity contribution >= 4 is 39.9 Å². The highest BCUT2D eigenvalue weighted by Crippen LogP contribution is 2.36. The average molecular weight is 381 g/mol. The zero-order valence-corrected chi connectivity index (χ0v) is 15.4. The molecule has 0 aliphatic carbocycles. The highest BCUT2D eigenvalue weighted by molar-refractivity contribution is 6.55. The van der Waals surface area contributed by atoms with Crippen molar-refractivity contribution in [1.29, 1.82) is 0 Å². The van der Waals surface area contributed by atoms with Crippen LogP contribution in [0.2, 0.25) is 0 Å². The van der Waals surface area contributed by atoms with Crippen molar-refractivity contribution in [3.05, 3.63) is 70.9 Å². The van der Waals surface area contributed by atoms with Gasteiger partial charge in [0.25, 0.3) is 11.8 Å². The number of aromatic amines is 1. The molecule has 6 heteroatoms. The first-order valence-corrected chi connectivity index (χ1v) is 8.94. The number of hydrogen-bond acceptors (Lipinski definition) is 3. The Morgan fingerprint density at radius 2 is 1.78 bits per heavy atom. The van der Waals surface area contributed by atoms with E-state index in [0.717, 1.165) is 16.5 Å². The van der Waals surface area contributed by atoms with E-state index in [0.29, 0.717) is 17.7 Å². The molecule has 0 spiro atoms. The largest absolute Gasteiger partial charge is 0.496 e. The smallest absolute Gasteiger partial charge is 0.273 e. The van der Waals surface area contributed by atoms with Crippen LogP contribution in [-0.4, -0.2) is 35.4 Å². The van der Waals surface area contributed by atoms with Crippen molar-refractivity contribution in [2.75, 3.05) is 13.7 Å². The number of halogens is 1. The Morgan fingerprint density at radius 1 is 1.04 bits per heavy atom. The van der Waals surface area contributed by atoms with Crippen molar-refractivity contribution in [1.82, 2.24) is 9.88 Å². The molecular formula is C21H17ClN2O3. The molecule has 2 amide bonds. The third kappa shape index (κ3) is 2.90. The average Bonchev–Trinajstić information content (AvgIpc) is 3.20. The third-order valence-electron chi connectivity index (χ3n) is 4.77. The molecule has 1 aromatic heterocycles. The number of rotatable bonds is 5. The summed E-state index contributed by atoms with van der Waals surface area (Å²) in [4.78, 5) is 29.9. The Morgan fingerprint density at radius 3 is 2.59 bits per heavy atom. The Balaban J connectivity index is 1.59. The first-order valence-electron chi connectivity index (χ1n) is 8.56. The number of fused-ring (bicyclic) bond motifs is 1. The maximum absolute atomic E-state index is 12.9. The molecule has 1 N–H and O–H groups in total. The molecule has 3 aromatic rings. The van der Waals surface area contributed by atoms with Crippen LogP contribution in [0.5, 0.6) is 5.75 Å². The van der Waals surface area contributed by atoms with Crippen LogP contribution in [0.3, 0.4) is 0 Å². The van der Waals surface area contributed by atoms with E-state index in [1.807, 2.05) is 30.5 Å². The maximum Gasteiger partial charge on any atom is 0.273 e. The summed E-state index contributed by atoms with van der Waals surface area (Å²) < 4.78 is 5.31. The molecule has 136 valence electrons. The molecule has 27 heavy (non-hydrogen) atoms. The first kappa shape index (κ1) is 17.4. The van der Waals surface area contributed by atoms with E-state index >= 15 is 0 Å². The SMILES string of the molecule is COc1ccccc1C1=C(Cl)C(=O)N(CCc2c[nH]c3ccccc23)C1=O.